The second-order valence-corrected chi connectivity index (χ2v) is 6.27. The van der Waals surface area contributed by atoms with Gasteiger partial charge in [-0.2, -0.15) is 0 Å². The van der Waals surface area contributed by atoms with Crippen molar-refractivity contribution < 1.29 is 9.53 Å². The molecule has 0 aromatic heterocycles. The van der Waals surface area contributed by atoms with Crippen LogP contribution in [0.5, 0.6) is 0 Å². The third-order valence-corrected chi connectivity index (χ3v) is 4.96. The van der Waals surface area contributed by atoms with E-state index in [1.807, 2.05) is 23.1 Å². The Hall–Kier alpha value is -1.39. The number of carbonyl (C=O) groups excluding carboxylic acids is 1. The number of nitrogens with zero attached hydrogens (tertiary/aromatic N) is 2. The summed E-state index contributed by atoms with van der Waals surface area (Å²) in [6.07, 6.45) is 1.09. The van der Waals surface area contributed by atoms with E-state index >= 15 is 0 Å². The van der Waals surface area contributed by atoms with Crippen molar-refractivity contribution in [2.45, 2.75) is 19.3 Å². The number of likely N-dealkylation sites (tertiary alicyclic amines) is 1. The average Bonchev–Trinajstić information content (AvgIpc) is 2.90. The van der Waals surface area contributed by atoms with Gasteiger partial charge < -0.3 is 9.64 Å². The van der Waals surface area contributed by atoms with E-state index in [0.29, 0.717) is 11.8 Å². The first kappa shape index (κ1) is 15.5. The van der Waals surface area contributed by atoms with Crippen LogP contribution in [0.1, 0.15) is 24.8 Å². The van der Waals surface area contributed by atoms with Gasteiger partial charge in [-0.1, -0.05) is 30.3 Å². The minimum absolute atomic E-state index is 0.0437. The first-order valence-electron chi connectivity index (χ1n) is 8.43. The SMILES string of the molecule is CCN1C[C@@H](CCN2CCOCC2)[C@H](c2ccccc2)C1=O. The predicted octanol–water partition coefficient (Wildman–Crippen LogP) is 1.97. The Kier molecular flexibility index (Phi) is 5.11. The van der Waals surface area contributed by atoms with Crippen molar-refractivity contribution in [3.63, 3.8) is 0 Å². The maximum Gasteiger partial charge on any atom is 0.230 e. The lowest BCUT2D eigenvalue weighted by atomic mass is 9.86. The highest BCUT2D eigenvalue weighted by Gasteiger charge is 2.40. The molecule has 2 aliphatic rings. The summed E-state index contributed by atoms with van der Waals surface area (Å²) in [4.78, 5) is 17.2. The monoisotopic (exact) mass is 302 g/mol. The van der Waals surface area contributed by atoms with Crippen LogP contribution in [0.15, 0.2) is 30.3 Å². The van der Waals surface area contributed by atoms with E-state index in [9.17, 15) is 4.79 Å². The van der Waals surface area contributed by atoms with Crippen LogP contribution in [-0.4, -0.2) is 61.6 Å². The molecule has 4 nitrogen and oxygen atoms in total. The van der Waals surface area contributed by atoms with Gasteiger partial charge in [-0.3, -0.25) is 9.69 Å². The minimum Gasteiger partial charge on any atom is -0.379 e. The maximum absolute atomic E-state index is 12.7. The molecule has 2 fully saturated rings. The lowest BCUT2D eigenvalue weighted by Crippen LogP contribution is -2.37. The highest BCUT2D eigenvalue weighted by atomic mass is 16.5. The van der Waals surface area contributed by atoms with Crippen LogP contribution < -0.4 is 0 Å². The van der Waals surface area contributed by atoms with Gasteiger partial charge in [0.2, 0.25) is 5.91 Å². The van der Waals surface area contributed by atoms with E-state index in [4.69, 9.17) is 4.74 Å². The zero-order chi connectivity index (χ0) is 15.4. The standard InChI is InChI=1S/C18H26N2O2/c1-2-20-14-16(8-9-19-10-12-22-13-11-19)17(18(20)21)15-6-4-3-5-7-15/h3-7,16-17H,2,8-14H2,1H3/t16-,17+/m1/s1. The number of rotatable bonds is 5. The average molecular weight is 302 g/mol. The molecule has 0 N–H and O–H groups in total. The van der Waals surface area contributed by atoms with E-state index < -0.39 is 0 Å². The highest BCUT2D eigenvalue weighted by molar-refractivity contribution is 5.86. The number of benzene rings is 1. The normalized spacial score (nSPS) is 26.6. The summed E-state index contributed by atoms with van der Waals surface area (Å²) in [5.41, 5.74) is 1.18. The number of hydrogen-bond donors (Lipinski definition) is 0. The largest absolute Gasteiger partial charge is 0.379 e. The zero-order valence-corrected chi connectivity index (χ0v) is 13.4. The molecule has 0 aliphatic carbocycles. The lowest BCUT2D eigenvalue weighted by molar-refractivity contribution is -0.128. The molecular formula is C18H26N2O2. The summed E-state index contributed by atoms with van der Waals surface area (Å²) in [6.45, 7) is 8.59. The molecule has 22 heavy (non-hydrogen) atoms. The minimum atomic E-state index is 0.0437. The third kappa shape index (κ3) is 3.33. The summed E-state index contributed by atoms with van der Waals surface area (Å²) in [5, 5.41) is 0. The fourth-order valence-corrected chi connectivity index (χ4v) is 3.67. The number of hydrogen-bond acceptors (Lipinski definition) is 3. The molecule has 1 amide bonds. The molecular weight excluding hydrogens is 276 g/mol. The van der Waals surface area contributed by atoms with Crippen molar-refractivity contribution in [2.24, 2.45) is 5.92 Å². The number of ether oxygens (including phenoxy) is 1. The van der Waals surface area contributed by atoms with Crippen molar-refractivity contribution in [3.8, 4) is 0 Å². The summed E-state index contributed by atoms with van der Waals surface area (Å²) in [6, 6.07) is 10.3. The van der Waals surface area contributed by atoms with Crippen molar-refractivity contribution in [3.05, 3.63) is 35.9 Å². The van der Waals surface area contributed by atoms with Crippen molar-refractivity contribution in [2.75, 3.05) is 45.9 Å². The molecule has 2 heterocycles. The Balaban J connectivity index is 1.68. The van der Waals surface area contributed by atoms with Crippen LogP contribution in [0.2, 0.25) is 0 Å². The van der Waals surface area contributed by atoms with Crippen LogP contribution in [0.4, 0.5) is 0 Å². The fourth-order valence-electron chi connectivity index (χ4n) is 3.67. The molecule has 0 spiro atoms. The number of carbonyl (C=O) groups is 1. The molecule has 2 atom stereocenters. The van der Waals surface area contributed by atoms with Crippen LogP contribution in [0.3, 0.4) is 0 Å². The van der Waals surface area contributed by atoms with E-state index in [-0.39, 0.29) is 5.92 Å². The fraction of sp³-hybridized carbons (Fsp3) is 0.611. The summed E-state index contributed by atoms with van der Waals surface area (Å²) in [5.74, 6) is 0.778. The van der Waals surface area contributed by atoms with Gasteiger partial charge in [0.1, 0.15) is 0 Å². The molecule has 4 heteroatoms. The first-order chi connectivity index (χ1) is 10.8. The van der Waals surface area contributed by atoms with Gasteiger partial charge in [0.15, 0.2) is 0 Å². The van der Waals surface area contributed by atoms with Gasteiger partial charge in [-0.15, -0.1) is 0 Å². The van der Waals surface area contributed by atoms with Crippen LogP contribution in [0, 0.1) is 5.92 Å². The zero-order valence-electron chi connectivity index (χ0n) is 13.4. The van der Waals surface area contributed by atoms with E-state index in [1.54, 1.807) is 0 Å². The maximum atomic E-state index is 12.7. The second-order valence-electron chi connectivity index (χ2n) is 6.27. The van der Waals surface area contributed by atoms with Crippen LogP contribution in [0.25, 0.3) is 0 Å². The van der Waals surface area contributed by atoms with Crippen LogP contribution in [-0.2, 0) is 9.53 Å². The first-order valence-corrected chi connectivity index (χ1v) is 8.43. The number of morpholine rings is 1. The van der Waals surface area contributed by atoms with Gasteiger partial charge in [-0.25, -0.2) is 0 Å². The molecule has 120 valence electrons. The quantitative estimate of drug-likeness (QED) is 0.834. The summed E-state index contributed by atoms with van der Waals surface area (Å²) >= 11 is 0. The molecule has 0 unspecified atom stereocenters. The van der Waals surface area contributed by atoms with Crippen molar-refractivity contribution in [1.82, 2.24) is 9.80 Å². The van der Waals surface area contributed by atoms with Crippen molar-refractivity contribution in [1.29, 1.82) is 0 Å². The second kappa shape index (κ2) is 7.25. The third-order valence-electron chi connectivity index (χ3n) is 4.96. The highest BCUT2D eigenvalue weighted by Crippen LogP contribution is 2.35. The Morgan fingerprint density at radius 2 is 1.91 bits per heavy atom. The molecule has 1 aromatic carbocycles. The molecule has 0 radical (unpaired) electrons. The van der Waals surface area contributed by atoms with Crippen LogP contribution >= 0.6 is 0 Å². The van der Waals surface area contributed by atoms with Crippen molar-refractivity contribution >= 4 is 5.91 Å². The molecule has 0 bridgehead atoms. The van der Waals surface area contributed by atoms with Gasteiger partial charge in [0.25, 0.3) is 0 Å². The van der Waals surface area contributed by atoms with E-state index in [2.05, 4.69) is 24.0 Å². The molecule has 3 rings (SSSR count). The van der Waals surface area contributed by atoms with E-state index in [0.717, 1.165) is 52.4 Å². The van der Waals surface area contributed by atoms with Gasteiger partial charge in [0.05, 0.1) is 19.1 Å². The number of likely N-dealkylation sites (N-methyl/N-ethyl adjacent to an activating group) is 1. The van der Waals surface area contributed by atoms with Gasteiger partial charge in [0, 0.05) is 26.2 Å². The Morgan fingerprint density at radius 3 is 2.59 bits per heavy atom. The summed E-state index contributed by atoms with van der Waals surface area (Å²) < 4.78 is 5.41. The molecule has 0 saturated carbocycles. The van der Waals surface area contributed by atoms with Gasteiger partial charge >= 0.3 is 0 Å². The number of amides is 1. The van der Waals surface area contributed by atoms with E-state index in [1.165, 1.54) is 5.56 Å². The predicted molar refractivity (Wildman–Crippen MR) is 86.8 cm³/mol. The Labute approximate surface area is 133 Å². The lowest BCUT2D eigenvalue weighted by Gasteiger charge is -2.28. The Morgan fingerprint density at radius 1 is 1.18 bits per heavy atom. The molecule has 1 aromatic rings. The Bertz CT molecular complexity index is 485. The molecule has 2 aliphatic heterocycles. The smallest absolute Gasteiger partial charge is 0.230 e. The molecule has 2 saturated heterocycles. The topological polar surface area (TPSA) is 32.8 Å². The summed E-state index contributed by atoms with van der Waals surface area (Å²) in [7, 11) is 0. The van der Waals surface area contributed by atoms with Gasteiger partial charge in [-0.05, 0) is 31.4 Å².